The molecule has 1 aromatic carbocycles. The van der Waals surface area contributed by atoms with Crippen LogP contribution in [-0.4, -0.2) is 9.97 Å². The lowest BCUT2D eigenvalue weighted by molar-refractivity contribution is -0.137. The van der Waals surface area contributed by atoms with Crippen molar-refractivity contribution in [2.75, 3.05) is 0 Å². The Morgan fingerprint density at radius 3 is 2.60 bits per heavy atom. The summed E-state index contributed by atoms with van der Waals surface area (Å²) < 4.78 is 39.6. The average Bonchev–Trinajstić information content (AvgIpc) is 2.40. The lowest BCUT2D eigenvalue weighted by Gasteiger charge is -2.15. The Morgan fingerprint density at radius 2 is 1.95 bits per heavy atom. The number of hydrogen-bond acceptors (Lipinski definition) is 2. The summed E-state index contributed by atoms with van der Waals surface area (Å²) in [6, 6.07) is 5.48. The molecular formula is C14H13F3N2S. The van der Waals surface area contributed by atoms with Gasteiger partial charge in [-0.1, -0.05) is 43.8 Å². The van der Waals surface area contributed by atoms with Crippen LogP contribution in [-0.2, 0) is 12.6 Å². The van der Waals surface area contributed by atoms with E-state index in [9.17, 15) is 13.2 Å². The molecule has 0 bridgehead atoms. The van der Waals surface area contributed by atoms with Crippen LogP contribution < -0.4 is 0 Å². The summed E-state index contributed by atoms with van der Waals surface area (Å²) in [6.07, 6.45) is -1.70. The number of nitrogens with zero attached hydrogens (tertiary/aromatic N) is 1. The zero-order chi connectivity index (χ0) is 14.8. The van der Waals surface area contributed by atoms with E-state index >= 15 is 0 Å². The van der Waals surface area contributed by atoms with Crippen LogP contribution in [0.25, 0.3) is 11.3 Å². The highest BCUT2D eigenvalue weighted by molar-refractivity contribution is 7.71. The molecule has 0 unspecified atom stereocenters. The van der Waals surface area contributed by atoms with Crippen molar-refractivity contribution in [2.45, 2.75) is 25.9 Å². The number of hydrogen-bond donors (Lipinski definition) is 1. The molecule has 0 saturated carbocycles. The zero-order valence-corrected chi connectivity index (χ0v) is 11.6. The Hall–Kier alpha value is -1.69. The highest BCUT2D eigenvalue weighted by Crippen LogP contribution is 2.37. The molecule has 0 saturated heterocycles. The van der Waals surface area contributed by atoms with Crippen molar-refractivity contribution in [2.24, 2.45) is 0 Å². The van der Waals surface area contributed by atoms with Crippen molar-refractivity contribution in [3.05, 3.63) is 46.4 Å². The third-order valence-electron chi connectivity index (χ3n) is 2.95. The van der Waals surface area contributed by atoms with Crippen LogP contribution >= 0.6 is 12.2 Å². The minimum Gasteiger partial charge on any atom is -0.346 e. The van der Waals surface area contributed by atoms with E-state index in [2.05, 4.69) is 9.97 Å². The highest BCUT2D eigenvalue weighted by Gasteiger charge is 2.34. The Bertz CT molecular complexity index is 662. The van der Waals surface area contributed by atoms with E-state index in [1.54, 1.807) is 6.07 Å². The van der Waals surface area contributed by atoms with Gasteiger partial charge in [-0.15, -0.1) is 0 Å². The summed E-state index contributed by atoms with van der Waals surface area (Å²) in [5, 5.41) is 0. The van der Waals surface area contributed by atoms with E-state index in [1.807, 2.05) is 6.92 Å². The van der Waals surface area contributed by atoms with Gasteiger partial charge in [-0.05, 0) is 12.5 Å². The molecule has 1 aromatic heterocycles. The lowest BCUT2D eigenvalue weighted by Crippen LogP contribution is -2.08. The molecule has 0 aliphatic heterocycles. The molecule has 0 atom stereocenters. The predicted octanol–water partition coefficient (Wildman–Crippen LogP) is 4.78. The fourth-order valence-corrected chi connectivity index (χ4v) is 2.35. The highest BCUT2D eigenvalue weighted by atomic mass is 32.1. The second kappa shape index (κ2) is 5.75. The minimum atomic E-state index is -4.40. The van der Waals surface area contributed by atoms with Crippen molar-refractivity contribution in [1.29, 1.82) is 0 Å². The largest absolute Gasteiger partial charge is 0.417 e. The van der Waals surface area contributed by atoms with Gasteiger partial charge in [0.2, 0.25) is 0 Å². The maximum atomic E-state index is 13.1. The monoisotopic (exact) mass is 298 g/mol. The van der Waals surface area contributed by atoms with E-state index in [0.29, 0.717) is 22.3 Å². The SMILES string of the molecule is CCCc1c(-c2ccccc2C(F)(F)F)[nH]cnc1=S. The summed E-state index contributed by atoms with van der Waals surface area (Å²) in [5.74, 6) is 0. The van der Waals surface area contributed by atoms with Gasteiger partial charge in [0.05, 0.1) is 17.6 Å². The van der Waals surface area contributed by atoms with Gasteiger partial charge in [0.25, 0.3) is 0 Å². The summed E-state index contributed by atoms with van der Waals surface area (Å²) in [4.78, 5) is 6.77. The number of H-pyrrole nitrogens is 1. The number of halogens is 3. The van der Waals surface area contributed by atoms with Gasteiger partial charge >= 0.3 is 6.18 Å². The molecule has 0 amide bonds. The van der Waals surface area contributed by atoms with Crippen LogP contribution in [0.4, 0.5) is 13.2 Å². The first-order valence-electron chi connectivity index (χ1n) is 6.18. The second-order valence-electron chi connectivity index (χ2n) is 4.35. The fraction of sp³-hybridized carbons (Fsp3) is 0.286. The Morgan fingerprint density at radius 1 is 1.25 bits per heavy atom. The van der Waals surface area contributed by atoms with Crippen molar-refractivity contribution in [3.63, 3.8) is 0 Å². The van der Waals surface area contributed by atoms with Gasteiger partial charge in [0.15, 0.2) is 0 Å². The van der Waals surface area contributed by atoms with E-state index in [0.717, 1.165) is 12.5 Å². The number of benzene rings is 1. The molecule has 20 heavy (non-hydrogen) atoms. The van der Waals surface area contributed by atoms with Crippen molar-refractivity contribution < 1.29 is 13.2 Å². The number of nitrogens with one attached hydrogen (secondary N) is 1. The third kappa shape index (κ3) is 2.90. The Balaban J connectivity index is 2.70. The standard InChI is InChI=1S/C14H13F3N2S/c1-2-5-10-12(18-8-19-13(10)20)9-6-3-4-7-11(9)14(15,16)17/h3-4,6-8H,2,5H2,1H3,(H,18,19,20). The van der Waals surface area contributed by atoms with Gasteiger partial charge in [0.1, 0.15) is 4.64 Å². The fourth-order valence-electron chi connectivity index (χ4n) is 2.10. The van der Waals surface area contributed by atoms with E-state index in [1.165, 1.54) is 18.5 Å². The van der Waals surface area contributed by atoms with Crippen molar-refractivity contribution in [1.82, 2.24) is 9.97 Å². The van der Waals surface area contributed by atoms with Gasteiger partial charge in [-0.25, -0.2) is 4.98 Å². The smallest absolute Gasteiger partial charge is 0.346 e. The topological polar surface area (TPSA) is 28.7 Å². The average molecular weight is 298 g/mol. The van der Waals surface area contributed by atoms with Gasteiger partial charge < -0.3 is 4.98 Å². The van der Waals surface area contributed by atoms with E-state index < -0.39 is 11.7 Å². The summed E-state index contributed by atoms with van der Waals surface area (Å²) >= 11 is 5.13. The maximum absolute atomic E-state index is 13.1. The van der Waals surface area contributed by atoms with Crippen molar-refractivity contribution >= 4 is 12.2 Å². The molecule has 2 rings (SSSR count). The van der Waals surface area contributed by atoms with Crippen LogP contribution in [0.2, 0.25) is 0 Å². The molecule has 0 radical (unpaired) electrons. The molecule has 0 aliphatic carbocycles. The molecule has 0 spiro atoms. The quantitative estimate of drug-likeness (QED) is 0.826. The first-order chi connectivity index (χ1) is 9.45. The molecule has 0 aliphatic rings. The van der Waals surface area contributed by atoms with Crippen LogP contribution in [0.3, 0.4) is 0 Å². The Labute approximate surface area is 119 Å². The molecule has 1 N–H and O–H groups in total. The number of aromatic nitrogens is 2. The first-order valence-corrected chi connectivity index (χ1v) is 6.59. The molecule has 0 fully saturated rings. The third-order valence-corrected chi connectivity index (χ3v) is 3.30. The van der Waals surface area contributed by atoms with Gasteiger partial charge in [0, 0.05) is 11.1 Å². The second-order valence-corrected chi connectivity index (χ2v) is 4.74. The Kier molecular flexibility index (Phi) is 4.23. The van der Waals surface area contributed by atoms with Crippen LogP contribution in [0.15, 0.2) is 30.6 Å². The minimum absolute atomic E-state index is 0.108. The summed E-state index contributed by atoms with van der Waals surface area (Å²) in [7, 11) is 0. The van der Waals surface area contributed by atoms with Crippen molar-refractivity contribution in [3.8, 4) is 11.3 Å². The maximum Gasteiger partial charge on any atom is 0.417 e. The molecule has 2 aromatic rings. The first kappa shape index (κ1) is 14.7. The lowest BCUT2D eigenvalue weighted by atomic mass is 9.99. The number of alkyl halides is 3. The number of rotatable bonds is 3. The number of aromatic amines is 1. The predicted molar refractivity (Wildman–Crippen MR) is 73.9 cm³/mol. The van der Waals surface area contributed by atoms with E-state index in [4.69, 9.17) is 12.2 Å². The van der Waals surface area contributed by atoms with Crippen LogP contribution in [0, 0.1) is 4.64 Å². The summed E-state index contributed by atoms with van der Waals surface area (Å²) in [6.45, 7) is 1.95. The van der Waals surface area contributed by atoms with Crippen LogP contribution in [0.5, 0.6) is 0 Å². The van der Waals surface area contributed by atoms with Gasteiger partial charge in [-0.2, -0.15) is 13.2 Å². The zero-order valence-electron chi connectivity index (χ0n) is 10.8. The molecule has 6 heteroatoms. The molecular weight excluding hydrogens is 285 g/mol. The molecule has 2 nitrogen and oxygen atoms in total. The van der Waals surface area contributed by atoms with Gasteiger partial charge in [-0.3, -0.25) is 0 Å². The van der Waals surface area contributed by atoms with Crippen LogP contribution in [0.1, 0.15) is 24.5 Å². The normalized spacial score (nSPS) is 11.6. The van der Waals surface area contributed by atoms with E-state index in [-0.39, 0.29) is 5.56 Å². The summed E-state index contributed by atoms with van der Waals surface area (Å²) in [5.41, 5.74) is 0.493. The molecule has 106 valence electrons. The molecule has 1 heterocycles.